The summed E-state index contributed by atoms with van der Waals surface area (Å²) < 4.78 is 20.2. The van der Waals surface area contributed by atoms with Crippen molar-refractivity contribution in [2.75, 3.05) is 58.6 Å². The number of amides is 3. The number of halogens is 2. The second-order valence-corrected chi connectivity index (χ2v) is 18.3. The van der Waals surface area contributed by atoms with Crippen molar-refractivity contribution in [2.24, 2.45) is 4.99 Å². The molecule has 1 aliphatic rings. The lowest BCUT2D eigenvalue weighted by Crippen LogP contribution is -2.44. The molecule has 1 aliphatic heterocycles. The standard InChI is InChI=1S/C47H52Cl2N8O6S2/c1-30-31(2)64-47-41(30)42(34-15-17-35(49)18-16-34)52-37(44-55-54-32(3)57(44)47)27-39(58)50-19-9-21-61-23-25-63-26-24-62-22-10-20-56(40(59)28-48)43(45(60)51-29-33-11-5-4-6-12-33)46-53-36-13-7-8-14-38(36)65-46/h4-8,11-18,37,43H,9-10,19-29H2,1-3H3,(H,50,58)(H,51,60)/t37-,43?/m0/s1. The number of aromatic nitrogens is 4. The van der Waals surface area contributed by atoms with E-state index in [0.717, 1.165) is 49.0 Å². The highest BCUT2D eigenvalue weighted by atomic mass is 35.5. The van der Waals surface area contributed by atoms with Crippen molar-refractivity contribution < 1.29 is 28.6 Å². The monoisotopic (exact) mass is 958 g/mol. The van der Waals surface area contributed by atoms with Gasteiger partial charge in [0.15, 0.2) is 11.9 Å². The van der Waals surface area contributed by atoms with Gasteiger partial charge in [0.25, 0.3) is 0 Å². The molecule has 65 heavy (non-hydrogen) atoms. The van der Waals surface area contributed by atoms with Crippen molar-refractivity contribution in [3.8, 4) is 5.00 Å². The highest BCUT2D eigenvalue weighted by Crippen LogP contribution is 2.39. The number of carbonyl (C=O) groups excluding carboxylic acids is 3. The van der Waals surface area contributed by atoms with Crippen molar-refractivity contribution in [1.29, 1.82) is 0 Å². The number of benzene rings is 3. The van der Waals surface area contributed by atoms with Gasteiger partial charge in [-0.25, -0.2) is 4.98 Å². The number of aliphatic imine (C=N–C) groups is 1. The molecule has 3 amide bonds. The molecule has 0 fully saturated rings. The zero-order chi connectivity index (χ0) is 45.7. The van der Waals surface area contributed by atoms with E-state index < -0.39 is 12.1 Å². The Hall–Kier alpha value is -5.07. The predicted molar refractivity (Wildman–Crippen MR) is 256 cm³/mol. The van der Waals surface area contributed by atoms with E-state index in [2.05, 4.69) is 34.7 Å². The molecule has 7 rings (SSSR count). The van der Waals surface area contributed by atoms with Gasteiger partial charge in [-0.15, -0.1) is 44.5 Å². The quantitative estimate of drug-likeness (QED) is 0.0481. The molecule has 342 valence electrons. The van der Waals surface area contributed by atoms with E-state index in [-0.39, 0.29) is 36.6 Å². The number of thiophene rings is 1. The van der Waals surface area contributed by atoms with E-state index in [1.807, 2.05) is 90.4 Å². The summed E-state index contributed by atoms with van der Waals surface area (Å²) in [5, 5.41) is 17.0. The third-order valence-electron chi connectivity index (χ3n) is 10.8. The van der Waals surface area contributed by atoms with Gasteiger partial charge in [0.2, 0.25) is 17.7 Å². The van der Waals surface area contributed by atoms with Crippen LogP contribution >= 0.6 is 45.9 Å². The molecule has 2 atom stereocenters. The summed E-state index contributed by atoms with van der Waals surface area (Å²) in [5.41, 5.74) is 5.57. The first-order valence-corrected chi connectivity index (χ1v) is 24.1. The molecule has 14 nitrogen and oxygen atoms in total. The molecule has 1 unspecified atom stereocenters. The van der Waals surface area contributed by atoms with Gasteiger partial charge in [-0.3, -0.25) is 23.9 Å². The Morgan fingerprint density at radius 2 is 1.52 bits per heavy atom. The first kappa shape index (κ1) is 47.9. The largest absolute Gasteiger partial charge is 0.379 e. The number of para-hydroxylation sites is 1. The summed E-state index contributed by atoms with van der Waals surface area (Å²) >= 11 is 15.4. The molecular weight excluding hydrogens is 908 g/mol. The van der Waals surface area contributed by atoms with Crippen LogP contribution in [-0.4, -0.2) is 107 Å². The van der Waals surface area contributed by atoms with Gasteiger partial charge in [0, 0.05) is 53.9 Å². The second kappa shape index (κ2) is 23.4. The molecular formula is C47H52Cl2N8O6S2. The third kappa shape index (κ3) is 12.2. The summed E-state index contributed by atoms with van der Waals surface area (Å²) in [4.78, 5) is 52.8. The van der Waals surface area contributed by atoms with Gasteiger partial charge < -0.3 is 29.7 Å². The molecule has 0 bridgehead atoms. The van der Waals surface area contributed by atoms with Crippen LogP contribution in [0.15, 0.2) is 83.9 Å². The number of aryl methyl sites for hydroxylation is 2. The number of nitrogens with zero attached hydrogens (tertiary/aromatic N) is 6. The van der Waals surface area contributed by atoms with Gasteiger partial charge >= 0.3 is 0 Å². The minimum absolute atomic E-state index is 0.111. The van der Waals surface area contributed by atoms with Crippen molar-refractivity contribution in [3.05, 3.63) is 128 Å². The molecule has 0 saturated heterocycles. The summed E-state index contributed by atoms with van der Waals surface area (Å²) in [7, 11) is 0. The first-order chi connectivity index (χ1) is 31.6. The molecule has 3 aromatic carbocycles. The van der Waals surface area contributed by atoms with E-state index in [1.54, 1.807) is 11.3 Å². The normalized spacial score (nSPS) is 13.7. The van der Waals surface area contributed by atoms with Crippen molar-refractivity contribution in [1.82, 2.24) is 35.3 Å². The third-order valence-corrected chi connectivity index (χ3v) is 13.6. The Labute approximate surface area is 396 Å². The zero-order valence-corrected chi connectivity index (χ0v) is 39.7. The Bertz CT molecular complexity index is 2550. The van der Waals surface area contributed by atoms with Crippen molar-refractivity contribution in [3.63, 3.8) is 0 Å². The van der Waals surface area contributed by atoms with Gasteiger partial charge in [0.05, 0.1) is 48.8 Å². The fourth-order valence-electron chi connectivity index (χ4n) is 7.41. The fraction of sp³-hybridized carbons (Fsp3) is 0.383. The number of alkyl halides is 1. The van der Waals surface area contributed by atoms with Crippen LogP contribution in [0.2, 0.25) is 5.02 Å². The van der Waals surface area contributed by atoms with Gasteiger partial charge in [0.1, 0.15) is 27.8 Å². The Kier molecular flexibility index (Phi) is 17.2. The minimum Gasteiger partial charge on any atom is -0.379 e. The maximum absolute atomic E-state index is 13.8. The fourth-order valence-corrected chi connectivity index (χ4v) is 9.98. The van der Waals surface area contributed by atoms with Crippen molar-refractivity contribution >= 4 is 79.5 Å². The van der Waals surface area contributed by atoms with Crippen LogP contribution in [0, 0.1) is 20.8 Å². The lowest BCUT2D eigenvalue weighted by atomic mass is 9.99. The van der Waals surface area contributed by atoms with E-state index in [0.29, 0.717) is 81.4 Å². The lowest BCUT2D eigenvalue weighted by molar-refractivity contribution is -0.139. The SMILES string of the molecule is Cc1sc2c(c1C)C(c1ccc(Cl)cc1)=N[C@@H](CC(=O)NCCCOCCOCCOCCCN(C(=O)CCl)C(C(=O)NCc1ccccc1)c1nc3ccccc3s1)c1nnc(C)n1-2. The number of carbonyl (C=O) groups is 3. The topological polar surface area (TPSA) is 162 Å². The molecule has 2 N–H and O–H groups in total. The molecule has 3 aromatic heterocycles. The number of rotatable bonds is 23. The predicted octanol–water partition coefficient (Wildman–Crippen LogP) is 7.87. The number of nitrogens with one attached hydrogen (secondary N) is 2. The maximum Gasteiger partial charge on any atom is 0.250 e. The number of fused-ring (bicyclic) bond motifs is 4. The van der Waals surface area contributed by atoms with Gasteiger partial charge in [-0.2, -0.15) is 0 Å². The van der Waals surface area contributed by atoms with E-state index in [9.17, 15) is 14.4 Å². The van der Waals surface area contributed by atoms with Crippen LogP contribution in [0.5, 0.6) is 0 Å². The van der Waals surface area contributed by atoms with E-state index in [1.165, 1.54) is 21.1 Å². The lowest BCUT2D eigenvalue weighted by Gasteiger charge is -2.29. The van der Waals surface area contributed by atoms with Crippen molar-refractivity contribution in [2.45, 2.75) is 58.7 Å². The first-order valence-electron chi connectivity index (χ1n) is 21.5. The zero-order valence-electron chi connectivity index (χ0n) is 36.6. The van der Waals surface area contributed by atoms with E-state index >= 15 is 0 Å². The van der Waals surface area contributed by atoms with Crippen LogP contribution in [0.1, 0.15) is 75.1 Å². The van der Waals surface area contributed by atoms with Gasteiger partial charge in [-0.05, 0) is 69.0 Å². The smallest absolute Gasteiger partial charge is 0.250 e. The summed E-state index contributed by atoms with van der Waals surface area (Å²) in [5.74, 6) is 0.261. The van der Waals surface area contributed by atoms with E-state index in [4.69, 9.17) is 47.4 Å². The summed E-state index contributed by atoms with van der Waals surface area (Å²) in [6.07, 6.45) is 1.21. The van der Waals surface area contributed by atoms with Crippen LogP contribution in [0.4, 0.5) is 0 Å². The molecule has 0 saturated carbocycles. The average Bonchev–Trinajstić information content (AvgIpc) is 3.98. The molecule has 4 heterocycles. The average molecular weight is 960 g/mol. The van der Waals surface area contributed by atoms with Crippen LogP contribution in [-0.2, 0) is 35.1 Å². The Morgan fingerprint density at radius 1 is 0.831 bits per heavy atom. The maximum atomic E-state index is 13.8. The molecule has 0 spiro atoms. The number of ether oxygens (including phenoxy) is 3. The second-order valence-electron chi connectivity index (χ2n) is 15.3. The van der Waals surface area contributed by atoms with Gasteiger partial charge in [-0.1, -0.05) is 66.2 Å². The molecule has 0 aliphatic carbocycles. The summed E-state index contributed by atoms with van der Waals surface area (Å²) in [6, 6.07) is 23.4. The highest BCUT2D eigenvalue weighted by molar-refractivity contribution is 7.18. The van der Waals surface area contributed by atoms with Crippen LogP contribution < -0.4 is 10.6 Å². The molecule has 18 heteroatoms. The van der Waals surface area contributed by atoms with Crippen LogP contribution in [0.25, 0.3) is 15.2 Å². The number of thiazole rings is 1. The number of hydrogen-bond donors (Lipinski definition) is 2. The number of hydrogen-bond acceptors (Lipinski definition) is 12. The summed E-state index contributed by atoms with van der Waals surface area (Å²) in [6.45, 7) is 9.41. The Morgan fingerprint density at radius 3 is 2.25 bits per heavy atom. The minimum atomic E-state index is -0.948. The molecule has 6 aromatic rings. The highest BCUT2D eigenvalue weighted by Gasteiger charge is 2.34. The molecule has 0 radical (unpaired) electrons. The van der Waals surface area contributed by atoms with Crippen LogP contribution in [0.3, 0.4) is 0 Å². The Balaban J connectivity index is 0.806.